The molecule has 148 valence electrons. The van der Waals surface area contributed by atoms with E-state index in [4.69, 9.17) is 28.2 Å². The fraction of sp³-hybridized carbons (Fsp3) is 0.889. The Morgan fingerprint density at radius 1 is 1.04 bits per heavy atom. The van der Waals surface area contributed by atoms with E-state index in [1.54, 1.807) is 0 Å². The molecule has 1 atom stereocenters. The molecule has 0 N–H and O–H groups in total. The third-order valence-corrected chi connectivity index (χ3v) is 9.97. The second-order valence-corrected chi connectivity index (χ2v) is 12.3. The zero-order valence-corrected chi connectivity index (χ0v) is 18.2. The van der Waals surface area contributed by atoms with Gasteiger partial charge in [-0.15, -0.1) is 27.4 Å². The topological polar surface area (TPSA) is 64.8 Å². The van der Waals surface area contributed by atoms with Crippen molar-refractivity contribution in [3.63, 3.8) is 0 Å². The van der Waals surface area contributed by atoms with Crippen molar-refractivity contribution in [3.05, 3.63) is 0 Å². The van der Waals surface area contributed by atoms with Gasteiger partial charge in [0.05, 0.1) is 10.2 Å². The fourth-order valence-corrected chi connectivity index (χ4v) is 7.67. The molecule has 0 aromatic carbocycles. The summed E-state index contributed by atoms with van der Waals surface area (Å²) in [5.41, 5.74) is 1.24. The van der Waals surface area contributed by atoms with Gasteiger partial charge in [0.15, 0.2) is 5.17 Å². The molecule has 1 aliphatic heterocycles. The summed E-state index contributed by atoms with van der Waals surface area (Å²) in [6, 6.07) is 0. The molecular formula is C18H28Cl2N2O2S2. The summed E-state index contributed by atoms with van der Waals surface area (Å²) in [6.45, 7) is 0.772. The van der Waals surface area contributed by atoms with E-state index < -0.39 is 10.2 Å². The van der Waals surface area contributed by atoms with E-state index in [-0.39, 0.29) is 16.4 Å². The van der Waals surface area contributed by atoms with Crippen molar-refractivity contribution in [1.29, 1.82) is 0 Å². The number of nitrogens with zero attached hydrogens (tertiary/aromatic N) is 2. The Morgan fingerprint density at radius 3 is 2.31 bits per heavy atom. The Kier molecular flexibility index (Phi) is 7.89. The van der Waals surface area contributed by atoms with Crippen molar-refractivity contribution in [1.82, 2.24) is 0 Å². The van der Waals surface area contributed by atoms with Crippen LogP contribution in [0.15, 0.2) is 9.98 Å². The minimum atomic E-state index is -3.05. The highest BCUT2D eigenvalue weighted by Gasteiger charge is 2.33. The fourth-order valence-electron chi connectivity index (χ4n) is 4.04. The molecule has 3 aliphatic rings. The monoisotopic (exact) mass is 438 g/mol. The van der Waals surface area contributed by atoms with Crippen molar-refractivity contribution < 1.29 is 8.76 Å². The minimum Gasteiger partial charge on any atom is -0.615 e. The van der Waals surface area contributed by atoms with Gasteiger partial charge < -0.3 is 4.55 Å². The largest absolute Gasteiger partial charge is 0.615 e. The van der Waals surface area contributed by atoms with E-state index in [9.17, 15) is 8.76 Å². The molecule has 0 spiro atoms. The summed E-state index contributed by atoms with van der Waals surface area (Å²) in [6.07, 6.45) is 8.31. The van der Waals surface area contributed by atoms with Crippen LogP contribution in [0.2, 0.25) is 0 Å². The first kappa shape index (κ1) is 21.1. The van der Waals surface area contributed by atoms with E-state index in [1.807, 2.05) is 0 Å². The summed E-state index contributed by atoms with van der Waals surface area (Å²) in [5.74, 6) is 1.27. The number of halogens is 2. The maximum atomic E-state index is 12.5. The van der Waals surface area contributed by atoms with Crippen molar-refractivity contribution in [2.45, 2.75) is 73.8 Å². The molecule has 0 saturated heterocycles. The van der Waals surface area contributed by atoms with E-state index in [0.717, 1.165) is 56.7 Å². The molecule has 2 saturated carbocycles. The van der Waals surface area contributed by atoms with Crippen LogP contribution in [0.1, 0.15) is 57.8 Å². The maximum Gasteiger partial charge on any atom is 0.183 e. The lowest BCUT2D eigenvalue weighted by atomic mass is 9.84. The SMILES string of the molecule is O=[S+]([O-])(CCSC1=NCCC(C2CCC(Cl)CC2)=N1)C1CCC(Cl)CC1. The molecule has 26 heavy (non-hydrogen) atoms. The van der Waals surface area contributed by atoms with Gasteiger partial charge in [-0.1, -0.05) is 11.8 Å². The highest BCUT2D eigenvalue weighted by Crippen LogP contribution is 2.32. The van der Waals surface area contributed by atoms with Crippen LogP contribution >= 0.6 is 35.0 Å². The van der Waals surface area contributed by atoms with Crippen LogP contribution in [0, 0.1) is 5.92 Å². The summed E-state index contributed by atoms with van der Waals surface area (Å²) >= 11 is 13.8. The Morgan fingerprint density at radius 2 is 1.65 bits per heavy atom. The summed E-state index contributed by atoms with van der Waals surface area (Å²) in [4.78, 5) is 9.23. The van der Waals surface area contributed by atoms with Crippen LogP contribution in [-0.2, 0) is 14.4 Å². The Bertz CT molecular complexity index is 584. The molecule has 8 heteroatoms. The molecule has 0 aromatic heterocycles. The van der Waals surface area contributed by atoms with Crippen LogP contribution < -0.4 is 0 Å². The van der Waals surface area contributed by atoms with Gasteiger partial charge >= 0.3 is 0 Å². The first-order valence-corrected chi connectivity index (χ1v) is 13.3. The summed E-state index contributed by atoms with van der Waals surface area (Å²) in [7, 11) is -3.05. The van der Waals surface area contributed by atoms with Crippen molar-refractivity contribution >= 4 is 56.1 Å². The molecule has 4 nitrogen and oxygen atoms in total. The van der Waals surface area contributed by atoms with Crippen LogP contribution in [0.4, 0.5) is 0 Å². The molecule has 2 fully saturated rings. The molecule has 0 aromatic rings. The standard InChI is InChI=1S/C18H28Cl2N2O2S2/c19-14-3-1-13(2-4-14)17-9-10-21-18(22-17)25-11-12-26(23,24)16-7-5-15(20)6-8-16/h13-16H,1-12H2. The van der Waals surface area contributed by atoms with Crippen LogP contribution in [-0.4, -0.2) is 49.5 Å². The van der Waals surface area contributed by atoms with Gasteiger partial charge in [0, 0.05) is 35.2 Å². The molecule has 1 unspecified atom stereocenters. The first-order chi connectivity index (χ1) is 12.4. The highest BCUT2D eigenvalue weighted by molar-refractivity contribution is 8.14. The third kappa shape index (κ3) is 5.94. The Balaban J connectivity index is 1.47. The van der Waals surface area contributed by atoms with E-state index in [0.29, 0.717) is 29.9 Å². The number of amidine groups is 1. The predicted molar refractivity (Wildman–Crippen MR) is 114 cm³/mol. The zero-order valence-electron chi connectivity index (χ0n) is 15.1. The second-order valence-electron chi connectivity index (χ2n) is 7.56. The van der Waals surface area contributed by atoms with Gasteiger partial charge in [-0.3, -0.25) is 4.99 Å². The number of sulfone groups is 1. The number of hydrogen-bond donors (Lipinski definition) is 0. The predicted octanol–water partition coefficient (Wildman–Crippen LogP) is 4.90. The van der Waals surface area contributed by atoms with Crippen molar-refractivity contribution in [2.24, 2.45) is 15.9 Å². The molecule has 1 heterocycles. The third-order valence-electron chi connectivity index (χ3n) is 5.69. The first-order valence-electron chi connectivity index (χ1n) is 9.68. The van der Waals surface area contributed by atoms with Gasteiger partial charge in [0.25, 0.3) is 0 Å². The molecule has 3 rings (SSSR count). The average molecular weight is 439 g/mol. The molecular weight excluding hydrogens is 411 g/mol. The normalized spacial score (nSPS) is 35.3. The number of thioether (sulfide) groups is 1. The van der Waals surface area contributed by atoms with E-state index in [2.05, 4.69) is 4.99 Å². The van der Waals surface area contributed by atoms with Crippen molar-refractivity contribution in [2.75, 3.05) is 18.1 Å². The van der Waals surface area contributed by atoms with E-state index in [1.165, 1.54) is 17.5 Å². The highest BCUT2D eigenvalue weighted by atomic mass is 35.5. The number of rotatable bonds is 5. The second kappa shape index (κ2) is 9.73. The Hall–Kier alpha value is 0.380. The van der Waals surface area contributed by atoms with Crippen molar-refractivity contribution in [3.8, 4) is 0 Å². The van der Waals surface area contributed by atoms with Gasteiger partial charge in [-0.05, 0) is 57.3 Å². The number of aliphatic imine (C=N–C) groups is 2. The van der Waals surface area contributed by atoms with Crippen LogP contribution in [0.5, 0.6) is 0 Å². The van der Waals surface area contributed by atoms with Gasteiger partial charge in [0.1, 0.15) is 11.0 Å². The average Bonchev–Trinajstić information content (AvgIpc) is 2.63. The zero-order chi connectivity index (χ0) is 18.6. The van der Waals surface area contributed by atoms with Gasteiger partial charge in [-0.25, -0.2) is 4.99 Å². The minimum absolute atomic E-state index is 0.147. The molecule has 0 bridgehead atoms. The summed E-state index contributed by atoms with van der Waals surface area (Å²) < 4.78 is 25.1. The maximum absolute atomic E-state index is 12.5. The summed E-state index contributed by atoms with van der Waals surface area (Å²) in [5, 5.41) is 1.01. The van der Waals surface area contributed by atoms with Gasteiger partial charge in [-0.2, -0.15) is 0 Å². The van der Waals surface area contributed by atoms with E-state index >= 15 is 0 Å². The lowest BCUT2D eigenvalue weighted by Crippen LogP contribution is -2.35. The Labute approximate surface area is 172 Å². The number of alkyl halides is 2. The lowest BCUT2D eigenvalue weighted by Gasteiger charge is -2.29. The van der Waals surface area contributed by atoms with Gasteiger partial charge in [0.2, 0.25) is 0 Å². The quantitative estimate of drug-likeness (QED) is 0.452. The smallest absolute Gasteiger partial charge is 0.183 e. The van der Waals surface area contributed by atoms with Crippen LogP contribution in [0.25, 0.3) is 0 Å². The molecule has 2 aliphatic carbocycles. The number of hydrogen-bond acceptors (Lipinski definition) is 5. The molecule has 0 radical (unpaired) electrons. The lowest BCUT2D eigenvalue weighted by molar-refractivity contribution is 0.429. The van der Waals surface area contributed by atoms with Crippen LogP contribution in [0.3, 0.4) is 0 Å². The molecule has 0 amide bonds.